The van der Waals surface area contributed by atoms with E-state index in [1.807, 2.05) is 11.8 Å². The van der Waals surface area contributed by atoms with E-state index >= 15 is 0 Å². The van der Waals surface area contributed by atoms with E-state index in [0.717, 1.165) is 12.1 Å². The maximum atomic E-state index is 12.4. The summed E-state index contributed by atoms with van der Waals surface area (Å²) in [5.74, 6) is -4.85. The van der Waals surface area contributed by atoms with Gasteiger partial charge >= 0.3 is 11.7 Å². The fourth-order valence-corrected chi connectivity index (χ4v) is 3.17. The molecule has 0 aromatic heterocycles. The summed E-state index contributed by atoms with van der Waals surface area (Å²) >= 11 is 0. The number of sulfone groups is 1. The molecule has 0 radical (unpaired) electrons. The van der Waals surface area contributed by atoms with Crippen LogP contribution in [0.25, 0.3) is 0 Å². The lowest BCUT2D eigenvalue weighted by atomic mass is 9.99. The van der Waals surface area contributed by atoms with E-state index in [1.165, 1.54) is 12.1 Å². The van der Waals surface area contributed by atoms with Gasteiger partial charge in [0.25, 0.3) is 0 Å². The zero-order chi connectivity index (χ0) is 15.8. The molecular weight excluding hydrogens is 304 g/mol. The van der Waals surface area contributed by atoms with Crippen molar-refractivity contribution in [3.8, 4) is 0 Å². The van der Waals surface area contributed by atoms with Gasteiger partial charge in [-0.1, -0.05) is 6.92 Å². The molecule has 1 aliphatic heterocycles. The number of rotatable bonds is 4. The molecule has 0 amide bonds. The van der Waals surface area contributed by atoms with Gasteiger partial charge in [-0.25, -0.2) is 8.42 Å². The van der Waals surface area contributed by atoms with Crippen LogP contribution >= 0.6 is 0 Å². The van der Waals surface area contributed by atoms with Crippen molar-refractivity contribution in [2.24, 2.45) is 11.8 Å². The second kappa shape index (κ2) is 5.59. The number of carbonyl (C=O) groups is 1. The summed E-state index contributed by atoms with van der Waals surface area (Å²) in [7, 11) is -4.60. The van der Waals surface area contributed by atoms with E-state index in [-0.39, 0.29) is 5.92 Å². The summed E-state index contributed by atoms with van der Waals surface area (Å²) in [6.45, 7) is 2.67. The number of carboxylic acid groups (broad SMARTS) is 1. The van der Waals surface area contributed by atoms with Crippen LogP contribution in [0.4, 0.5) is 14.5 Å². The van der Waals surface area contributed by atoms with Gasteiger partial charge in [-0.2, -0.15) is 8.78 Å². The molecule has 0 bridgehead atoms. The van der Waals surface area contributed by atoms with Gasteiger partial charge in [0.1, 0.15) is 0 Å². The Morgan fingerprint density at radius 1 is 1.29 bits per heavy atom. The van der Waals surface area contributed by atoms with Gasteiger partial charge in [-0.15, -0.1) is 0 Å². The van der Waals surface area contributed by atoms with Crippen LogP contribution in [0.15, 0.2) is 29.2 Å². The number of anilines is 1. The number of halogens is 2. The summed E-state index contributed by atoms with van der Waals surface area (Å²) in [4.78, 5) is 12.4. The molecular formula is C13H15F2NO4S. The topological polar surface area (TPSA) is 74.7 Å². The molecule has 2 rings (SSSR count). The number of alkyl halides is 2. The van der Waals surface area contributed by atoms with Crippen LogP contribution in [0.5, 0.6) is 0 Å². The molecule has 2 atom stereocenters. The van der Waals surface area contributed by atoms with Crippen LogP contribution in [0.3, 0.4) is 0 Å². The highest BCUT2D eigenvalue weighted by molar-refractivity contribution is 7.91. The van der Waals surface area contributed by atoms with Gasteiger partial charge in [0.2, 0.25) is 9.84 Å². The highest BCUT2D eigenvalue weighted by Crippen LogP contribution is 2.29. The number of aliphatic carboxylic acids is 1. The first-order chi connectivity index (χ1) is 9.73. The lowest BCUT2D eigenvalue weighted by Crippen LogP contribution is -2.23. The van der Waals surface area contributed by atoms with Gasteiger partial charge < -0.3 is 10.0 Å². The Morgan fingerprint density at radius 2 is 1.86 bits per heavy atom. The number of hydrogen-bond donors (Lipinski definition) is 1. The highest BCUT2D eigenvalue weighted by atomic mass is 32.2. The number of nitrogens with zero attached hydrogens (tertiary/aromatic N) is 1. The minimum absolute atomic E-state index is 0.0352. The molecule has 1 aromatic carbocycles. The summed E-state index contributed by atoms with van der Waals surface area (Å²) in [5.41, 5.74) is 0.624. The summed E-state index contributed by atoms with van der Waals surface area (Å²) in [6, 6.07) is 5.09. The van der Waals surface area contributed by atoms with E-state index in [2.05, 4.69) is 0 Å². The minimum atomic E-state index is -4.60. The Bertz CT molecular complexity index is 630. The van der Waals surface area contributed by atoms with E-state index in [9.17, 15) is 22.0 Å². The monoisotopic (exact) mass is 319 g/mol. The van der Waals surface area contributed by atoms with E-state index in [0.29, 0.717) is 18.8 Å². The number of benzene rings is 1. The predicted octanol–water partition coefficient (Wildman–Crippen LogP) is 1.84. The molecule has 0 spiro atoms. The maximum absolute atomic E-state index is 12.4. The van der Waals surface area contributed by atoms with Crippen molar-refractivity contribution in [1.29, 1.82) is 0 Å². The van der Waals surface area contributed by atoms with Crippen molar-refractivity contribution in [3.63, 3.8) is 0 Å². The Kier molecular flexibility index (Phi) is 4.18. The predicted molar refractivity (Wildman–Crippen MR) is 72.1 cm³/mol. The normalized spacial score (nSPS) is 22.8. The van der Waals surface area contributed by atoms with Crippen LogP contribution in [0.2, 0.25) is 0 Å². The Labute approximate surface area is 121 Å². The van der Waals surface area contributed by atoms with Crippen molar-refractivity contribution in [2.45, 2.75) is 17.6 Å². The molecule has 1 saturated heterocycles. The average molecular weight is 319 g/mol. The van der Waals surface area contributed by atoms with Crippen molar-refractivity contribution in [3.05, 3.63) is 24.3 Å². The van der Waals surface area contributed by atoms with Gasteiger partial charge in [0.05, 0.1) is 10.8 Å². The molecule has 0 aliphatic carbocycles. The summed E-state index contributed by atoms with van der Waals surface area (Å²) in [6.07, 6.45) is 0. The van der Waals surface area contributed by atoms with Crippen LogP contribution in [-0.2, 0) is 14.6 Å². The zero-order valence-electron chi connectivity index (χ0n) is 11.2. The quantitative estimate of drug-likeness (QED) is 0.916. The lowest BCUT2D eigenvalue weighted by Gasteiger charge is -2.18. The van der Waals surface area contributed by atoms with Crippen molar-refractivity contribution < 1.29 is 27.1 Å². The SMILES string of the molecule is CC1CN(c2ccc(S(=O)(=O)C(F)F)cc2)CC1C(=O)O. The molecule has 1 aromatic rings. The minimum Gasteiger partial charge on any atom is -0.481 e. The first-order valence-electron chi connectivity index (χ1n) is 6.33. The first kappa shape index (κ1) is 15.7. The van der Waals surface area contributed by atoms with Crippen LogP contribution in [0, 0.1) is 11.8 Å². The molecule has 21 heavy (non-hydrogen) atoms. The Hall–Kier alpha value is -1.70. The average Bonchev–Trinajstić information content (AvgIpc) is 2.81. The fourth-order valence-electron chi connectivity index (χ4n) is 2.45. The molecule has 1 heterocycles. The van der Waals surface area contributed by atoms with Gasteiger partial charge in [-0.3, -0.25) is 4.79 Å². The number of hydrogen-bond acceptors (Lipinski definition) is 4. The van der Waals surface area contributed by atoms with E-state index in [4.69, 9.17) is 5.11 Å². The van der Waals surface area contributed by atoms with Gasteiger partial charge in [0.15, 0.2) is 0 Å². The lowest BCUT2D eigenvalue weighted by molar-refractivity contribution is -0.142. The Morgan fingerprint density at radius 3 is 2.29 bits per heavy atom. The van der Waals surface area contributed by atoms with Gasteiger partial charge in [-0.05, 0) is 30.2 Å². The standard InChI is InChI=1S/C13H15F2NO4S/c1-8-6-16(7-11(8)12(17)18)9-2-4-10(5-3-9)21(19,20)13(14)15/h2-5,8,11,13H,6-7H2,1H3,(H,17,18). The third-order valence-electron chi connectivity index (χ3n) is 3.69. The molecule has 5 nitrogen and oxygen atoms in total. The van der Waals surface area contributed by atoms with Crippen LogP contribution in [0.1, 0.15) is 6.92 Å². The zero-order valence-corrected chi connectivity index (χ0v) is 12.1. The maximum Gasteiger partial charge on any atom is 0.341 e. The molecule has 1 N–H and O–H groups in total. The van der Waals surface area contributed by atoms with Gasteiger partial charge in [0, 0.05) is 18.8 Å². The van der Waals surface area contributed by atoms with Crippen molar-refractivity contribution in [1.82, 2.24) is 0 Å². The number of carboxylic acids is 1. The molecule has 116 valence electrons. The first-order valence-corrected chi connectivity index (χ1v) is 7.88. The summed E-state index contributed by atoms with van der Waals surface area (Å²) in [5, 5.41) is 9.07. The molecule has 0 saturated carbocycles. The second-order valence-electron chi connectivity index (χ2n) is 5.13. The largest absolute Gasteiger partial charge is 0.481 e. The van der Waals surface area contributed by atoms with Crippen LogP contribution < -0.4 is 4.90 Å². The van der Waals surface area contributed by atoms with E-state index in [1.54, 1.807) is 0 Å². The molecule has 1 aliphatic rings. The summed E-state index contributed by atoms with van der Waals surface area (Å²) < 4.78 is 47.5. The second-order valence-corrected chi connectivity index (χ2v) is 7.04. The van der Waals surface area contributed by atoms with E-state index < -0.39 is 32.4 Å². The molecule has 1 fully saturated rings. The van der Waals surface area contributed by atoms with Crippen LogP contribution in [-0.4, -0.2) is 38.3 Å². The molecule has 8 heteroatoms. The third-order valence-corrected chi connectivity index (χ3v) is 5.09. The van der Waals surface area contributed by atoms with Crippen molar-refractivity contribution >= 4 is 21.5 Å². The fraction of sp³-hybridized carbons (Fsp3) is 0.462. The Balaban J connectivity index is 2.20. The smallest absolute Gasteiger partial charge is 0.341 e. The highest BCUT2D eigenvalue weighted by Gasteiger charge is 2.35. The third kappa shape index (κ3) is 2.99. The van der Waals surface area contributed by atoms with Crippen molar-refractivity contribution in [2.75, 3.05) is 18.0 Å². The molecule has 2 unspecified atom stereocenters.